The van der Waals surface area contributed by atoms with Gasteiger partial charge in [-0.25, -0.2) is 0 Å². The molecule has 1 fully saturated rings. The minimum Gasteiger partial charge on any atom is -0.462 e. The summed E-state index contributed by atoms with van der Waals surface area (Å²) in [7, 11) is -2.01. The summed E-state index contributed by atoms with van der Waals surface area (Å²) >= 11 is 0. The Morgan fingerprint density at radius 2 is 1.86 bits per heavy atom. The summed E-state index contributed by atoms with van der Waals surface area (Å²) in [5.41, 5.74) is -0.161. The Morgan fingerprint density at radius 3 is 2.29 bits per heavy atom. The lowest BCUT2D eigenvalue weighted by Gasteiger charge is -2.51. The molecule has 0 aromatic rings. The first kappa shape index (κ1) is 25.1. The number of carbonyl (C=O) groups is 1. The maximum Gasteiger partial charge on any atom is 0.302 e. The maximum absolute atomic E-state index is 11.8. The van der Waals surface area contributed by atoms with Gasteiger partial charge in [0.05, 0.1) is 11.7 Å². The third kappa shape index (κ3) is 5.80. The van der Waals surface area contributed by atoms with Crippen LogP contribution in [-0.4, -0.2) is 37.2 Å². The predicted molar refractivity (Wildman–Crippen MR) is 119 cm³/mol. The fraction of sp³-hybridized carbons (Fsp3) is 0.783. The molecule has 1 aliphatic carbocycles. The van der Waals surface area contributed by atoms with E-state index in [1.54, 1.807) is 13.0 Å². The highest BCUT2D eigenvalue weighted by atomic mass is 28.4. The number of carbonyl (C=O) groups excluding carboxylic acids is 1. The molecule has 0 aromatic carbocycles. The summed E-state index contributed by atoms with van der Waals surface area (Å²) in [5.74, 6) is -0.194. The van der Waals surface area contributed by atoms with Crippen LogP contribution in [-0.2, 0) is 14.0 Å². The lowest BCUT2D eigenvalue weighted by atomic mass is 9.62. The Morgan fingerprint density at radius 1 is 1.32 bits per heavy atom. The van der Waals surface area contributed by atoms with E-state index in [1.807, 2.05) is 0 Å². The first-order valence-electron chi connectivity index (χ1n) is 10.3. The average molecular weight is 411 g/mol. The Kier molecular flexibility index (Phi) is 7.58. The van der Waals surface area contributed by atoms with Crippen LogP contribution in [0, 0.1) is 11.3 Å². The Hall–Kier alpha value is -0.913. The van der Waals surface area contributed by atoms with Crippen molar-refractivity contribution in [2.24, 2.45) is 11.3 Å². The number of hydrogen-bond donors (Lipinski definition) is 1. The molecule has 0 aliphatic heterocycles. The molecule has 1 saturated carbocycles. The SMILES string of the molecule is C=C[C@](C)(O)CC[C@@H]1C(=C)[C@@H](O[Si](C)(C)C(C)(C)C)C[C@H](OC(C)=O)C1(C)C. The molecule has 0 radical (unpaired) electrons. The van der Waals surface area contributed by atoms with Crippen molar-refractivity contribution in [2.45, 2.75) is 104 Å². The predicted octanol–water partition coefficient (Wildman–Crippen LogP) is 5.63. The second kappa shape index (κ2) is 8.45. The van der Waals surface area contributed by atoms with Gasteiger partial charge in [-0.3, -0.25) is 4.79 Å². The zero-order chi connectivity index (χ0) is 22.1. The molecule has 0 heterocycles. The standard InChI is InChI=1S/C23H42O4Si/c1-12-23(9,25)14-13-18-16(2)19(27-28(10,11)21(4,5)6)15-20(22(18,7)8)26-17(3)24/h12,18-20,25H,1-2,13-15H2,3-11H3/t18-,19+,20+,23+/m1/s1. The van der Waals surface area contributed by atoms with Crippen molar-refractivity contribution < 1.29 is 19.1 Å². The highest BCUT2D eigenvalue weighted by Crippen LogP contribution is 2.50. The van der Waals surface area contributed by atoms with E-state index in [1.165, 1.54) is 6.92 Å². The van der Waals surface area contributed by atoms with Gasteiger partial charge in [0.15, 0.2) is 8.32 Å². The minimum absolute atomic E-state index is 0.0757. The summed E-state index contributed by atoms with van der Waals surface area (Å²) in [6, 6.07) is 0. The van der Waals surface area contributed by atoms with Gasteiger partial charge in [0.25, 0.3) is 0 Å². The number of hydrogen-bond acceptors (Lipinski definition) is 4. The molecular weight excluding hydrogens is 368 g/mol. The van der Waals surface area contributed by atoms with E-state index in [4.69, 9.17) is 9.16 Å². The zero-order valence-corrected chi connectivity index (χ0v) is 20.5. The molecule has 28 heavy (non-hydrogen) atoms. The largest absolute Gasteiger partial charge is 0.462 e. The third-order valence-corrected chi connectivity index (χ3v) is 11.4. The highest BCUT2D eigenvalue weighted by Gasteiger charge is 2.50. The lowest BCUT2D eigenvalue weighted by Crippen LogP contribution is -2.53. The smallest absolute Gasteiger partial charge is 0.302 e. The first-order valence-corrected chi connectivity index (χ1v) is 13.2. The van der Waals surface area contributed by atoms with Crippen LogP contribution < -0.4 is 0 Å². The lowest BCUT2D eigenvalue weighted by molar-refractivity contribution is -0.160. The van der Waals surface area contributed by atoms with Gasteiger partial charge in [0, 0.05) is 18.8 Å². The molecule has 0 aromatic heterocycles. The van der Waals surface area contributed by atoms with Crippen molar-refractivity contribution in [3.63, 3.8) is 0 Å². The number of esters is 1. The van der Waals surface area contributed by atoms with E-state index in [2.05, 4.69) is 60.9 Å². The Labute approximate surface area is 173 Å². The van der Waals surface area contributed by atoms with Gasteiger partial charge >= 0.3 is 5.97 Å². The van der Waals surface area contributed by atoms with Gasteiger partial charge < -0.3 is 14.3 Å². The van der Waals surface area contributed by atoms with Gasteiger partial charge in [-0.2, -0.15) is 0 Å². The molecule has 0 unspecified atom stereocenters. The van der Waals surface area contributed by atoms with E-state index in [-0.39, 0.29) is 34.5 Å². The second-order valence-electron chi connectivity index (χ2n) is 10.7. The monoisotopic (exact) mass is 410 g/mol. The molecule has 5 heteroatoms. The van der Waals surface area contributed by atoms with Crippen LogP contribution in [0.4, 0.5) is 0 Å². The summed E-state index contributed by atoms with van der Waals surface area (Å²) < 4.78 is 12.5. The molecule has 0 amide bonds. The van der Waals surface area contributed by atoms with Crippen molar-refractivity contribution in [2.75, 3.05) is 0 Å². The van der Waals surface area contributed by atoms with Crippen molar-refractivity contribution >= 4 is 14.3 Å². The Balaban J connectivity index is 3.21. The highest BCUT2D eigenvalue weighted by molar-refractivity contribution is 6.74. The summed E-state index contributed by atoms with van der Waals surface area (Å²) in [4.78, 5) is 11.8. The van der Waals surface area contributed by atoms with Crippen LogP contribution in [0.15, 0.2) is 24.8 Å². The van der Waals surface area contributed by atoms with Gasteiger partial charge in [-0.05, 0) is 49.4 Å². The van der Waals surface area contributed by atoms with E-state index in [9.17, 15) is 9.90 Å². The molecule has 162 valence electrons. The zero-order valence-electron chi connectivity index (χ0n) is 19.5. The van der Waals surface area contributed by atoms with Crippen molar-refractivity contribution in [3.05, 3.63) is 24.8 Å². The van der Waals surface area contributed by atoms with Gasteiger partial charge in [0.1, 0.15) is 6.10 Å². The summed E-state index contributed by atoms with van der Waals surface area (Å²) in [6.07, 6.45) is 3.13. The van der Waals surface area contributed by atoms with E-state index in [0.717, 1.165) is 12.0 Å². The van der Waals surface area contributed by atoms with Crippen molar-refractivity contribution in [3.8, 4) is 0 Å². The summed E-state index contributed by atoms with van der Waals surface area (Å²) in [5, 5.41) is 10.5. The molecule has 0 bridgehead atoms. The van der Waals surface area contributed by atoms with E-state index in [0.29, 0.717) is 12.8 Å². The quantitative estimate of drug-likeness (QED) is 0.336. The number of ether oxygens (including phenoxy) is 1. The van der Waals surface area contributed by atoms with Crippen molar-refractivity contribution in [1.29, 1.82) is 0 Å². The average Bonchev–Trinajstić information content (AvgIpc) is 2.50. The Bertz CT molecular complexity index is 598. The van der Waals surface area contributed by atoms with Crippen LogP contribution in [0.3, 0.4) is 0 Å². The van der Waals surface area contributed by atoms with Crippen LogP contribution in [0.5, 0.6) is 0 Å². The molecule has 0 spiro atoms. The van der Waals surface area contributed by atoms with Gasteiger partial charge in [-0.1, -0.05) is 47.3 Å². The van der Waals surface area contributed by atoms with Crippen LogP contribution in [0.1, 0.15) is 67.7 Å². The fourth-order valence-corrected chi connectivity index (χ4v) is 5.04. The normalized spacial score (nSPS) is 27.8. The fourth-order valence-electron chi connectivity index (χ4n) is 3.73. The van der Waals surface area contributed by atoms with E-state index >= 15 is 0 Å². The van der Waals surface area contributed by atoms with Gasteiger partial charge in [-0.15, -0.1) is 6.58 Å². The molecule has 1 rings (SSSR count). The molecule has 4 atom stereocenters. The second-order valence-corrected chi connectivity index (χ2v) is 15.5. The minimum atomic E-state index is -2.01. The van der Waals surface area contributed by atoms with Crippen LogP contribution >= 0.6 is 0 Å². The van der Waals surface area contributed by atoms with Crippen LogP contribution in [0.2, 0.25) is 18.1 Å². The molecule has 1 aliphatic rings. The molecule has 1 N–H and O–H groups in total. The number of rotatable bonds is 7. The van der Waals surface area contributed by atoms with Crippen LogP contribution in [0.25, 0.3) is 0 Å². The van der Waals surface area contributed by atoms with Crippen molar-refractivity contribution in [1.82, 2.24) is 0 Å². The third-order valence-electron chi connectivity index (χ3n) is 6.95. The van der Waals surface area contributed by atoms with Gasteiger partial charge in [0.2, 0.25) is 0 Å². The first-order chi connectivity index (χ1) is 12.4. The molecule has 0 saturated heterocycles. The maximum atomic E-state index is 11.8. The topological polar surface area (TPSA) is 55.8 Å². The molecule has 4 nitrogen and oxygen atoms in total. The molecular formula is C23H42O4Si. The van der Waals surface area contributed by atoms with E-state index < -0.39 is 13.9 Å². The summed E-state index contributed by atoms with van der Waals surface area (Å²) in [6.45, 7) is 26.8. The number of aliphatic hydroxyl groups is 1.